The van der Waals surface area contributed by atoms with Gasteiger partial charge in [0, 0.05) is 11.1 Å². The first-order chi connectivity index (χ1) is 6.98. The second kappa shape index (κ2) is 3.38. The second-order valence-electron chi connectivity index (χ2n) is 4.74. The predicted molar refractivity (Wildman–Crippen MR) is 62.7 cm³/mol. The van der Waals surface area contributed by atoms with Crippen LogP contribution in [-0.4, -0.2) is 10.6 Å². The molecule has 2 nitrogen and oxygen atoms in total. The first-order valence-electron chi connectivity index (χ1n) is 5.29. The van der Waals surface area contributed by atoms with Crippen molar-refractivity contribution >= 4 is 6.08 Å². The Kier molecular flexibility index (Phi) is 2.31. The van der Waals surface area contributed by atoms with Gasteiger partial charge in [-0.05, 0) is 50.0 Å². The SMILES string of the molecule is CC(C)(N)C1=Cc2c(O)cccc2CC1. The van der Waals surface area contributed by atoms with E-state index in [0.717, 1.165) is 18.4 Å². The summed E-state index contributed by atoms with van der Waals surface area (Å²) in [7, 11) is 0. The molecule has 0 bridgehead atoms. The Morgan fingerprint density at radius 1 is 1.27 bits per heavy atom. The molecule has 0 radical (unpaired) electrons. The molecular formula is C13H17NO. The molecule has 3 N–H and O–H groups in total. The lowest BCUT2D eigenvalue weighted by molar-refractivity contribution is 0.472. The lowest BCUT2D eigenvalue weighted by Gasteiger charge is -2.27. The van der Waals surface area contributed by atoms with Gasteiger partial charge in [0.1, 0.15) is 5.75 Å². The third-order valence-corrected chi connectivity index (χ3v) is 2.98. The Morgan fingerprint density at radius 2 is 2.00 bits per heavy atom. The molecule has 0 aliphatic heterocycles. The molecule has 80 valence electrons. The van der Waals surface area contributed by atoms with Crippen molar-refractivity contribution in [3.05, 3.63) is 34.9 Å². The fourth-order valence-corrected chi connectivity index (χ4v) is 2.01. The lowest BCUT2D eigenvalue weighted by Crippen LogP contribution is -2.35. The Hall–Kier alpha value is -1.28. The molecule has 0 heterocycles. The summed E-state index contributed by atoms with van der Waals surface area (Å²) >= 11 is 0. The van der Waals surface area contributed by atoms with Crippen molar-refractivity contribution in [3.63, 3.8) is 0 Å². The molecule has 1 aliphatic carbocycles. The molecule has 0 unspecified atom stereocenters. The highest BCUT2D eigenvalue weighted by Gasteiger charge is 2.22. The van der Waals surface area contributed by atoms with Gasteiger partial charge >= 0.3 is 0 Å². The van der Waals surface area contributed by atoms with Crippen LogP contribution in [0, 0.1) is 0 Å². The maximum atomic E-state index is 9.75. The zero-order valence-corrected chi connectivity index (χ0v) is 9.25. The smallest absolute Gasteiger partial charge is 0.123 e. The van der Waals surface area contributed by atoms with Crippen LogP contribution in [-0.2, 0) is 6.42 Å². The molecule has 15 heavy (non-hydrogen) atoms. The zero-order valence-electron chi connectivity index (χ0n) is 9.25. The standard InChI is InChI=1S/C13H17NO/c1-13(2,14)10-7-6-9-4-3-5-12(15)11(9)8-10/h3-5,8,15H,6-7,14H2,1-2H3. The first-order valence-corrected chi connectivity index (χ1v) is 5.29. The normalized spacial score (nSPS) is 15.8. The third kappa shape index (κ3) is 1.90. The van der Waals surface area contributed by atoms with Crippen molar-refractivity contribution in [2.45, 2.75) is 32.2 Å². The van der Waals surface area contributed by atoms with Gasteiger partial charge in [0.2, 0.25) is 0 Å². The van der Waals surface area contributed by atoms with Gasteiger partial charge in [0.25, 0.3) is 0 Å². The quantitative estimate of drug-likeness (QED) is 0.736. The van der Waals surface area contributed by atoms with Gasteiger partial charge in [0.05, 0.1) is 0 Å². The van der Waals surface area contributed by atoms with Crippen LogP contribution in [0.4, 0.5) is 0 Å². The van der Waals surface area contributed by atoms with Gasteiger partial charge in [-0.2, -0.15) is 0 Å². The van der Waals surface area contributed by atoms with Crippen molar-refractivity contribution in [1.29, 1.82) is 0 Å². The number of benzene rings is 1. The number of aryl methyl sites for hydroxylation is 1. The molecule has 0 fully saturated rings. The topological polar surface area (TPSA) is 46.2 Å². The van der Waals surface area contributed by atoms with Gasteiger partial charge in [0.15, 0.2) is 0 Å². The van der Waals surface area contributed by atoms with E-state index in [-0.39, 0.29) is 5.54 Å². The molecule has 2 heteroatoms. The molecule has 0 saturated carbocycles. The average molecular weight is 203 g/mol. The lowest BCUT2D eigenvalue weighted by atomic mass is 9.83. The summed E-state index contributed by atoms with van der Waals surface area (Å²) in [4.78, 5) is 0. The van der Waals surface area contributed by atoms with E-state index < -0.39 is 0 Å². The van der Waals surface area contributed by atoms with Crippen LogP contribution in [0.1, 0.15) is 31.4 Å². The molecular weight excluding hydrogens is 186 g/mol. The number of phenolic OH excluding ortho intramolecular Hbond substituents is 1. The van der Waals surface area contributed by atoms with Crippen LogP contribution in [0.3, 0.4) is 0 Å². The monoisotopic (exact) mass is 203 g/mol. The molecule has 0 amide bonds. The van der Waals surface area contributed by atoms with Gasteiger partial charge in [-0.1, -0.05) is 12.1 Å². The molecule has 0 spiro atoms. The molecule has 0 saturated heterocycles. The maximum absolute atomic E-state index is 9.75. The van der Waals surface area contributed by atoms with Crippen molar-refractivity contribution in [3.8, 4) is 5.75 Å². The Labute approximate surface area is 90.4 Å². The first kappa shape index (κ1) is 10.2. The number of phenols is 1. The summed E-state index contributed by atoms with van der Waals surface area (Å²) in [5, 5.41) is 9.75. The van der Waals surface area contributed by atoms with E-state index >= 15 is 0 Å². The van der Waals surface area contributed by atoms with Crippen LogP contribution < -0.4 is 5.73 Å². The van der Waals surface area contributed by atoms with Crippen molar-refractivity contribution in [2.24, 2.45) is 5.73 Å². The van der Waals surface area contributed by atoms with Crippen LogP contribution >= 0.6 is 0 Å². The number of nitrogens with two attached hydrogens (primary N) is 1. The summed E-state index contributed by atoms with van der Waals surface area (Å²) in [6, 6.07) is 5.67. The minimum absolute atomic E-state index is 0.292. The summed E-state index contributed by atoms with van der Waals surface area (Å²) in [6.45, 7) is 4.01. The van der Waals surface area contributed by atoms with Gasteiger partial charge in [-0.3, -0.25) is 0 Å². The van der Waals surface area contributed by atoms with Crippen LogP contribution in [0.2, 0.25) is 0 Å². The minimum atomic E-state index is -0.292. The molecule has 1 aromatic carbocycles. The minimum Gasteiger partial charge on any atom is -0.507 e. The van der Waals surface area contributed by atoms with Crippen LogP contribution in [0.15, 0.2) is 23.8 Å². The molecule has 0 atom stereocenters. The van der Waals surface area contributed by atoms with Crippen molar-refractivity contribution in [2.75, 3.05) is 0 Å². The fraction of sp³-hybridized carbons (Fsp3) is 0.385. The van der Waals surface area contributed by atoms with Crippen LogP contribution in [0.25, 0.3) is 6.08 Å². The fourth-order valence-electron chi connectivity index (χ4n) is 2.01. The Morgan fingerprint density at radius 3 is 2.67 bits per heavy atom. The summed E-state index contributed by atoms with van der Waals surface area (Å²) in [6.07, 6.45) is 3.99. The van der Waals surface area contributed by atoms with Crippen molar-refractivity contribution < 1.29 is 5.11 Å². The maximum Gasteiger partial charge on any atom is 0.123 e. The summed E-state index contributed by atoms with van der Waals surface area (Å²) in [5.74, 6) is 0.356. The number of rotatable bonds is 1. The van der Waals surface area contributed by atoms with E-state index in [1.807, 2.05) is 26.0 Å². The highest BCUT2D eigenvalue weighted by Crippen LogP contribution is 2.33. The number of aromatic hydroxyl groups is 1. The summed E-state index contributed by atoms with van der Waals surface area (Å²) in [5.41, 5.74) is 9.13. The highest BCUT2D eigenvalue weighted by atomic mass is 16.3. The van der Waals surface area contributed by atoms with E-state index in [9.17, 15) is 5.11 Å². The average Bonchev–Trinajstić information content (AvgIpc) is 2.16. The number of fused-ring (bicyclic) bond motifs is 1. The number of hydrogen-bond donors (Lipinski definition) is 2. The van der Waals surface area contributed by atoms with Crippen LogP contribution in [0.5, 0.6) is 5.75 Å². The Bertz CT molecular complexity index is 413. The predicted octanol–water partition coefficient (Wildman–Crippen LogP) is 2.46. The van der Waals surface area contributed by atoms with E-state index in [4.69, 9.17) is 5.73 Å². The molecule has 0 aromatic heterocycles. The van der Waals surface area contributed by atoms with Gasteiger partial charge in [-0.25, -0.2) is 0 Å². The summed E-state index contributed by atoms with van der Waals surface area (Å²) < 4.78 is 0. The van der Waals surface area contributed by atoms with Crippen molar-refractivity contribution in [1.82, 2.24) is 0 Å². The molecule has 1 aliphatic rings. The number of hydrogen-bond acceptors (Lipinski definition) is 2. The van der Waals surface area contributed by atoms with Gasteiger partial charge in [-0.15, -0.1) is 0 Å². The second-order valence-corrected chi connectivity index (χ2v) is 4.74. The Balaban J connectivity index is 2.49. The van der Waals surface area contributed by atoms with E-state index in [0.29, 0.717) is 5.75 Å². The zero-order chi connectivity index (χ0) is 11.1. The van der Waals surface area contributed by atoms with E-state index in [2.05, 4.69) is 6.07 Å². The van der Waals surface area contributed by atoms with E-state index in [1.165, 1.54) is 11.1 Å². The molecule has 1 aromatic rings. The largest absolute Gasteiger partial charge is 0.507 e. The third-order valence-electron chi connectivity index (χ3n) is 2.98. The van der Waals surface area contributed by atoms with Gasteiger partial charge < -0.3 is 10.8 Å². The van der Waals surface area contributed by atoms with E-state index in [1.54, 1.807) is 6.07 Å². The highest BCUT2D eigenvalue weighted by molar-refractivity contribution is 5.66. The molecule has 2 rings (SSSR count).